The van der Waals surface area contributed by atoms with Gasteiger partial charge in [-0.3, -0.25) is 10.1 Å². The molecule has 0 bridgehead atoms. The second-order valence-electron chi connectivity index (χ2n) is 3.77. The number of nitro groups is 1. The van der Waals surface area contributed by atoms with E-state index in [-0.39, 0.29) is 11.4 Å². The van der Waals surface area contributed by atoms with E-state index in [0.717, 1.165) is 12.0 Å². The predicted octanol–water partition coefficient (Wildman–Crippen LogP) is 4.08. The summed E-state index contributed by atoms with van der Waals surface area (Å²) in [5.41, 5.74) is 1.88. The zero-order chi connectivity index (χ0) is 13.0. The summed E-state index contributed by atoms with van der Waals surface area (Å²) < 4.78 is 0. The third kappa shape index (κ3) is 2.76. The normalized spacial score (nSPS) is 14.9. The Labute approximate surface area is 104 Å². The molecule has 1 aliphatic carbocycles. The van der Waals surface area contributed by atoms with Gasteiger partial charge in [0.1, 0.15) is 0 Å². The fourth-order valence-electron chi connectivity index (χ4n) is 1.46. The Hall–Kier alpha value is -2.56. The van der Waals surface area contributed by atoms with Crippen molar-refractivity contribution >= 4 is 11.4 Å². The van der Waals surface area contributed by atoms with Crippen LogP contribution in [0, 0.1) is 10.1 Å². The van der Waals surface area contributed by atoms with E-state index >= 15 is 0 Å². The van der Waals surface area contributed by atoms with Crippen LogP contribution in [0.25, 0.3) is 0 Å². The van der Waals surface area contributed by atoms with Gasteiger partial charge in [-0.25, -0.2) is 0 Å². The first-order chi connectivity index (χ1) is 8.66. The number of benzene rings is 1. The van der Waals surface area contributed by atoms with Gasteiger partial charge in [-0.05, 0) is 18.6 Å². The maximum Gasteiger partial charge on any atom is 0.296 e. The maximum atomic E-state index is 10.8. The van der Waals surface area contributed by atoms with Crippen molar-refractivity contribution < 1.29 is 4.92 Å². The van der Waals surface area contributed by atoms with Gasteiger partial charge in [0, 0.05) is 6.07 Å². The van der Waals surface area contributed by atoms with E-state index in [0.29, 0.717) is 5.70 Å². The van der Waals surface area contributed by atoms with Crippen LogP contribution in [0.5, 0.6) is 0 Å². The number of hydrogen-bond donors (Lipinski definition) is 0. The number of hydrogen-bond acceptors (Lipinski definition) is 4. The summed E-state index contributed by atoms with van der Waals surface area (Å²) in [6, 6.07) is 6.25. The van der Waals surface area contributed by atoms with Crippen molar-refractivity contribution in [1.29, 1.82) is 0 Å². The predicted molar refractivity (Wildman–Crippen MR) is 68.6 cm³/mol. The Morgan fingerprint density at radius 1 is 1.22 bits per heavy atom. The lowest BCUT2D eigenvalue weighted by Crippen LogP contribution is -1.87. The van der Waals surface area contributed by atoms with Gasteiger partial charge in [0.2, 0.25) is 0 Å². The van der Waals surface area contributed by atoms with Gasteiger partial charge in [-0.1, -0.05) is 36.4 Å². The molecule has 0 N–H and O–H groups in total. The van der Waals surface area contributed by atoms with E-state index in [2.05, 4.69) is 16.8 Å². The van der Waals surface area contributed by atoms with Crippen molar-refractivity contribution in [3.8, 4) is 0 Å². The van der Waals surface area contributed by atoms with Crippen LogP contribution >= 0.6 is 0 Å². The Kier molecular flexibility index (Phi) is 3.43. The minimum Gasteiger partial charge on any atom is -0.258 e. The number of para-hydroxylation sites is 1. The molecule has 0 saturated carbocycles. The van der Waals surface area contributed by atoms with Crippen LogP contribution < -0.4 is 0 Å². The van der Waals surface area contributed by atoms with E-state index < -0.39 is 4.92 Å². The highest BCUT2D eigenvalue weighted by Gasteiger charge is 2.11. The Bertz CT molecular complexity index is 586. The second-order valence-corrected chi connectivity index (χ2v) is 3.77. The molecule has 0 aliphatic heterocycles. The molecule has 0 saturated heterocycles. The molecule has 0 amide bonds. The Balaban J connectivity index is 2.22. The number of rotatable bonds is 3. The van der Waals surface area contributed by atoms with Crippen molar-refractivity contribution in [2.75, 3.05) is 0 Å². The monoisotopic (exact) mass is 241 g/mol. The Morgan fingerprint density at radius 2 is 2.00 bits per heavy atom. The first kappa shape index (κ1) is 11.9. The van der Waals surface area contributed by atoms with E-state index in [9.17, 15) is 10.1 Å². The number of nitro benzene ring substituents is 1. The summed E-state index contributed by atoms with van der Waals surface area (Å²) in [4.78, 5) is 10.3. The number of allylic oxidation sites excluding steroid dienone is 4. The van der Waals surface area contributed by atoms with Gasteiger partial charge in [0.15, 0.2) is 5.69 Å². The van der Waals surface area contributed by atoms with Crippen molar-refractivity contribution in [1.82, 2.24) is 0 Å². The third-order valence-corrected chi connectivity index (χ3v) is 2.41. The van der Waals surface area contributed by atoms with Gasteiger partial charge in [0.25, 0.3) is 5.69 Å². The number of nitrogens with zero attached hydrogens (tertiary/aromatic N) is 3. The highest BCUT2D eigenvalue weighted by molar-refractivity contribution is 5.56. The zero-order valence-electron chi connectivity index (χ0n) is 9.61. The summed E-state index contributed by atoms with van der Waals surface area (Å²) in [6.45, 7) is 3.81. The van der Waals surface area contributed by atoms with E-state index in [1.54, 1.807) is 24.3 Å². The molecule has 1 aromatic carbocycles. The Morgan fingerprint density at radius 3 is 2.67 bits per heavy atom. The molecule has 0 unspecified atom stereocenters. The highest BCUT2D eigenvalue weighted by atomic mass is 16.6. The molecule has 5 heteroatoms. The van der Waals surface area contributed by atoms with E-state index in [4.69, 9.17) is 0 Å². The quantitative estimate of drug-likeness (QED) is 0.454. The lowest BCUT2D eigenvalue weighted by molar-refractivity contribution is -0.384. The highest BCUT2D eigenvalue weighted by Crippen LogP contribution is 2.27. The topological polar surface area (TPSA) is 67.9 Å². The van der Waals surface area contributed by atoms with Crippen LogP contribution in [0.4, 0.5) is 11.4 Å². The second kappa shape index (κ2) is 5.18. The summed E-state index contributed by atoms with van der Waals surface area (Å²) in [6.07, 6.45) is 6.24. The molecular weight excluding hydrogens is 230 g/mol. The molecule has 0 aromatic heterocycles. The van der Waals surface area contributed by atoms with Crippen LogP contribution in [0.2, 0.25) is 0 Å². The molecule has 1 aliphatic rings. The van der Waals surface area contributed by atoms with Crippen LogP contribution in [0.3, 0.4) is 0 Å². The van der Waals surface area contributed by atoms with Gasteiger partial charge < -0.3 is 0 Å². The number of azo groups is 1. The van der Waals surface area contributed by atoms with Crippen molar-refractivity contribution in [3.05, 3.63) is 70.5 Å². The van der Waals surface area contributed by atoms with E-state index in [1.165, 1.54) is 6.07 Å². The van der Waals surface area contributed by atoms with Crippen LogP contribution in [0.15, 0.2) is 70.6 Å². The molecule has 90 valence electrons. The fraction of sp³-hybridized carbons (Fsp3) is 0.0769. The summed E-state index contributed by atoms with van der Waals surface area (Å²) >= 11 is 0. The molecule has 0 fully saturated rings. The van der Waals surface area contributed by atoms with Crippen LogP contribution in [-0.2, 0) is 0 Å². The SMILES string of the molecule is C=C1C=CC(N=Nc2ccccc2[N+](=O)[O-])=CC1. The van der Waals surface area contributed by atoms with Gasteiger partial charge >= 0.3 is 0 Å². The molecule has 5 nitrogen and oxygen atoms in total. The van der Waals surface area contributed by atoms with Gasteiger partial charge in [-0.2, -0.15) is 5.11 Å². The third-order valence-electron chi connectivity index (χ3n) is 2.41. The lowest BCUT2D eigenvalue weighted by atomic mass is 10.1. The van der Waals surface area contributed by atoms with Gasteiger partial charge in [-0.15, -0.1) is 5.11 Å². The molecular formula is C13H11N3O2. The molecule has 0 spiro atoms. The summed E-state index contributed by atoms with van der Waals surface area (Å²) in [5, 5.41) is 18.7. The largest absolute Gasteiger partial charge is 0.296 e. The van der Waals surface area contributed by atoms with Gasteiger partial charge in [0.05, 0.1) is 10.6 Å². The average Bonchev–Trinajstić information content (AvgIpc) is 2.38. The van der Waals surface area contributed by atoms with Crippen molar-refractivity contribution in [3.63, 3.8) is 0 Å². The molecule has 0 heterocycles. The average molecular weight is 241 g/mol. The first-order valence-corrected chi connectivity index (χ1v) is 5.38. The zero-order valence-corrected chi connectivity index (χ0v) is 9.61. The lowest BCUT2D eigenvalue weighted by Gasteiger charge is -2.02. The molecule has 0 radical (unpaired) electrons. The van der Waals surface area contributed by atoms with Crippen molar-refractivity contribution in [2.45, 2.75) is 6.42 Å². The van der Waals surface area contributed by atoms with Crippen LogP contribution in [0.1, 0.15) is 6.42 Å². The minimum atomic E-state index is -0.471. The smallest absolute Gasteiger partial charge is 0.258 e. The maximum absolute atomic E-state index is 10.8. The molecule has 18 heavy (non-hydrogen) atoms. The summed E-state index contributed by atoms with van der Waals surface area (Å²) in [7, 11) is 0. The first-order valence-electron chi connectivity index (χ1n) is 5.38. The molecule has 0 atom stereocenters. The molecule has 2 rings (SSSR count). The standard InChI is InChI=1S/C13H11N3O2/c1-10-6-8-11(9-7-10)14-15-12-4-2-3-5-13(12)16(17)18/h2-6,8-9H,1,7H2. The molecule has 1 aromatic rings. The van der Waals surface area contributed by atoms with E-state index in [1.807, 2.05) is 12.2 Å². The summed E-state index contributed by atoms with van der Waals surface area (Å²) in [5.74, 6) is 0. The van der Waals surface area contributed by atoms with Crippen LogP contribution in [-0.4, -0.2) is 4.92 Å². The fourth-order valence-corrected chi connectivity index (χ4v) is 1.46. The minimum absolute atomic E-state index is 0.0500. The van der Waals surface area contributed by atoms with Crippen molar-refractivity contribution in [2.24, 2.45) is 10.2 Å².